The van der Waals surface area contributed by atoms with Gasteiger partial charge in [0.1, 0.15) is 5.01 Å². The van der Waals surface area contributed by atoms with Crippen LogP contribution in [0.15, 0.2) is 55.1 Å². The molecule has 0 aliphatic rings. The number of hydrogen-bond acceptors (Lipinski definition) is 2. The van der Waals surface area contributed by atoms with E-state index in [2.05, 4.69) is 49.9 Å². The molecule has 19 heavy (non-hydrogen) atoms. The molecule has 1 heterocycles. The van der Waals surface area contributed by atoms with Gasteiger partial charge in [-0.25, -0.2) is 4.98 Å². The van der Waals surface area contributed by atoms with Gasteiger partial charge in [0.05, 0.1) is 10.2 Å². The van der Waals surface area contributed by atoms with Crippen LogP contribution in [0.1, 0.15) is 11.1 Å². The lowest BCUT2D eigenvalue weighted by Crippen LogP contribution is -1.86. The molecule has 1 aromatic heterocycles. The zero-order chi connectivity index (χ0) is 13.2. The second-order valence-electron chi connectivity index (χ2n) is 4.63. The normalized spacial score (nSPS) is 10.8. The number of fused-ring (bicyclic) bond motifs is 1. The molecule has 0 radical (unpaired) electrons. The molecule has 0 fully saturated rings. The van der Waals surface area contributed by atoms with Crippen molar-refractivity contribution >= 4 is 21.6 Å². The van der Waals surface area contributed by atoms with Gasteiger partial charge in [-0.3, -0.25) is 0 Å². The maximum Gasteiger partial charge on any atom is 0.124 e. The zero-order valence-corrected chi connectivity index (χ0v) is 11.7. The maximum atomic E-state index is 4.72. The highest BCUT2D eigenvalue weighted by atomic mass is 32.1. The van der Waals surface area contributed by atoms with Gasteiger partial charge in [0, 0.05) is 5.56 Å². The predicted octanol–water partition coefficient (Wildman–Crippen LogP) is 5.00. The molecule has 0 bridgehead atoms. The third kappa shape index (κ3) is 2.32. The van der Waals surface area contributed by atoms with Crippen molar-refractivity contribution in [2.24, 2.45) is 0 Å². The van der Waals surface area contributed by atoms with Crippen LogP contribution in [0.4, 0.5) is 0 Å². The molecule has 3 aromatic rings. The van der Waals surface area contributed by atoms with E-state index >= 15 is 0 Å². The van der Waals surface area contributed by atoms with Crippen molar-refractivity contribution in [1.82, 2.24) is 4.98 Å². The van der Waals surface area contributed by atoms with Crippen LogP contribution in [0.5, 0.6) is 0 Å². The van der Waals surface area contributed by atoms with Crippen molar-refractivity contribution in [2.75, 3.05) is 0 Å². The van der Waals surface area contributed by atoms with E-state index < -0.39 is 0 Å². The molecule has 0 saturated carbocycles. The van der Waals surface area contributed by atoms with Crippen molar-refractivity contribution in [3.63, 3.8) is 0 Å². The van der Waals surface area contributed by atoms with Crippen LogP contribution in [0.2, 0.25) is 0 Å². The summed E-state index contributed by atoms with van der Waals surface area (Å²) in [6, 6.07) is 14.8. The average molecular weight is 265 g/mol. The summed E-state index contributed by atoms with van der Waals surface area (Å²) in [6.07, 6.45) is 2.85. The lowest BCUT2D eigenvalue weighted by Gasteiger charge is -2.04. The smallest absolute Gasteiger partial charge is 0.124 e. The van der Waals surface area contributed by atoms with Gasteiger partial charge in [-0.1, -0.05) is 36.4 Å². The minimum atomic E-state index is 0.918. The predicted molar refractivity (Wildman–Crippen MR) is 83.7 cm³/mol. The number of rotatable bonds is 3. The van der Waals surface area contributed by atoms with Gasteiger partial charge in [-0.15, -0.1) is 17.9 Å². The Hall–Kier alpha value is -1.93. The number of aryl methyl sites for hydroxylation is 1. The summed E-state index contributed by atoms with van der Waals surface area (Å²) in [6.45, 7) is 5.93. The Bertz CT molecular complexity index is 707. The Labute approximate surface area is 117 Å². The number of para-hydroxylation sites is 1. The Kier molecular flexibility index (Phi) is 3.18. The van der Waals surface area contributed by atoms with Gasteiger partial charge in [0.2, 0.25) is 0 Å². The summed E-state index contributed by atoms with van der Waals surface area (Å²) >= 11 is 1.75. The number of benzene rings is 2. The number of aromatic nitrogens is 1. The van der Waals surface area contributed by atoms with E-state index in [1.807, 2.05) is 12.1 Å². The average Bonchev–Trinajstić information content (AvgIpc) is 2.82. The zero-order valence-electron chi connectivity index (χ0n) is 10.9. The van der Waals surface area contributed by atoms with E-state index in [9.17, 15) is 0 Å². The Morgan fingerprint density at radius 3 is 2.79 bits per heavy atom. The monoisotopic (exact) mass is 265 g/mol. The third-order valence-electron chi connectivity index (χ3n) is 3.20. The first-order valence-electron chi connectivity index (χ1n) is 6.34. The first kappa shape index (κ1) is 12.1. The van der Waals surface area contributed by atoms with Crippen LogP contribution in [-0.4, -0.2) is 4.98 Å². The summed E-state index contributed by atoms with van der Waals surface area (Å²) in [5.74, 6) is 0. The van der Waals surface area contributed by atoms with E-state index in [0.29, 0.717) is 0 Å². The van der Waals surface area contributed by atoms with Crippen LogP contribution in [0.3, 0.4) is 0 Å². The molecule has 0 spiro atoms. The number of allylic oxidation sites excluding steroid dienone is 1. The minimum absolute atomic E-state index is 0.918. The van der Waals surface area contributed by atoms with E-state index in [0.717, 1.165) is 16.9 Å². The summed E-state index contributed by atoms with van der Waals surface area (Å²) in [4.78, 5) is 4.72. The molecule has 0 saturated heterocycles. The Morgan fingerprint density at radius 2 is 2.05 bits per heavy atom. The van der Waals surface area contributed by atoms with Crippen LogP contribution in [0, 0.1) is 6.92 Å². The van der Waals surface area contributed by atoms with Crippen molar-refractivity contribution in [3.8, 4) is 10.6 Å². The fraction of sp³-hybridized carbons (Fsp3) is 0.118. The topological polar surface area (TPSA) is 12.9 Å². The molecule has 3 rings (SSSR count). The molecule has 1 nitrogen and oxygen atoms in total. The van der Waals surface area contributed by atoms with E-state index in [1.54, 1.807) is 11.3 Å². The largest absolute Gasteiger partial charge is 0.236 e. The van der Waals surface area contributed by atoms with Gasteiger partial charge < -0.3 is 0 Å². The lowest BCUT2D eigenvalue weighted by atomic mass is 10.0. The highest BCUT2D eigenvalue weighted by Gasteiger charge is 2.08. The standard InChI is InChI=1S/C17H15NS/c1-3-6-13-9-10-14(12(2)11-13)17-18-15-7-4-5-8-16(15)19-17/h3-5,7-11H,1,6H2,2H3. The number of thiazole rings is 1. The fourth-order valence-corrected chi connectivity index (χ4v) is 3.30. The van der Waals surface area contributed by atoms with Crippen molar-refractivity contribution < 1.29 is 0 Å². The molecule has 2 heteroatoms. The van der Waals surface area contributed by atoms with Crippen LogP contribution >= 0.6 is 11.3 Å². The quantitative estimate of drug-likeness (QED) is 0.607. The molecular weight excluding hydrogens is 250 g/mol. The van der Waals surface area contributed by atoms with Gasteiger partial charge >= 0.3 is 0 Å². The SMILES string of the molecule is C=CCc1ccc(-c2nc3ccccc3s2)c(C)c1. The summed E-state index contributed by atoms with van der Waals surface area (Å²) < 4.78 is 1.24. The van der Waals surface area contributed by atoms with Crippen LogP contribution in [-0.2, 0) is 6.42 Å². The van der Waals surface area contributed by atoms with Gasteiger partial charge in [-0.05, 0) is 36.6 Å². The molecular formula is C17H15NS. The molecule has 0 atom stereocenters. The van der Waals surface area contributed by atoms with Gasteiger partial charge in [-0.2, -0.15) is 0 Å². The highest BCUT2D eigenvalue weighted by molar-refractivity contribution is 7.21. The highest BCUT2D eigenvalue weighted by Crippen LogP contribution is 2.32. The Balaban J connectivity index is 2.08. The molecule has 0 unspecified atom stereocenters. The summed E-state index contributed by atoms with van der Waals surface area (Å²) in [5.41, 5.74) is 4.89. The maximum absolute atomic E-state index is 4.72. The van der Waals surface area contributed by atoms with E-state index in [4.69, 9.17) is 4.98 Å². The fourth-order valence-electron chi connectivity index (χ4n) is 2.25. The van der Waals surface area contributed by atoms with Crippen LogP contribution < -0.4 is 0 Å². The minimum Gasteiger partial charge on any atom is -0.236 e. The summed E-state index contributed by atoms with van der Waals surface area (Å²) in [5, 5.41) is 1.10. The Morgan fingerprint density at radius 1 is 1.21 bits per heavy atom. The number of hydrogen-bond donors (Lipinski definition) is 0. The molecule has 0 amide bonds. The lowest BCUT2D eigenvalue weighted by molar-refractivity contribution is 1.25. The third-order valence-corrected chi connectivity index (χ3v) is 4.26. The van der Waals surface area contributed by atoms with Crippen molar-refractivity contribution in [1.29, 1.82) is 0 Å². The number of nitrogens with zero attached hydrogens (tertiary/aromatic N) is 1. The van der Waals surface area contributed by atoms with Crippen molar-refractivity contribution in [3.05, 3.63) is 66.2 Å². The van der Waals surface area contributed by atoms with E-state index in [-0.39, 0.29) is 0 Å². The molecule has 0 N–H and O–H groups in total. The molecule has 94 valence electrons. The van der Waals surface area contributed by atoms with Gasteiger partial charge in [0.25, 0.3) is 0 Å². The van der Waals surface area contributed by atoms with Crippen molar-refractivity contribution in [2.45, 2.75) is 13.3 Å². The summed E-state index contributed by atoms with van der Waals surface area (Å²) in [7, 11) is 0. The van der Waals surface area contributed by atoms with Gasteiger partial charge in [0.15, 0.2) is 0 Å². The second-order valence-corrected chi connectivity index (χ2v) is 5.66. The second kappa shape index (κ2) is 4.98. The molecule has 0 aliphatic heterocycles. The van der Waals surface area contributed by atoms with Crippen LogP contribution in [0.25, 0.3) is 20.8 Å². The van der Waals surface area contributed by atoms with E-state index in [1.165, 1.54) is 21.4 Å². The molecule has 2 aromatic carbocycles. The first-order valence-corrected chi connectivity index (χ1v) is 7.16. The molecule has 0 aliphatic carbocycles. The first-order chi connectivity index (χ1) is 9.28.